The van der Waals surface area contributed by atoms with Crippen molar-refractivity contribution in [2.45, 2.75) is 31.2 Å². The molecule has 2 fully saturated rings. The van der Waals surface area contributed by atoms with Crippen molar-refractivity contribution in [2.24, 2.45) is 17.8 Å². The average Bonchev–Trinajstić information content (AvgIpc) is 3.38. The summed E-state index contributed by atoms with van der Waals surface area (Å²) in [5.41, 5.74) is 4.71. The molecule has 1 amide bonds. The first-order chi connectivity index (χ1) is 13.6. The summed E-state index contributed by atoms with van der Waals surface area (Å²) >= 11 is 0. The molecular formula is C23H23NO4. The van der Waals surface area contributed by atoms with E-state index >= 15 is 0 Å². The summed E-state index contributed by atoms with van der Waals surface area (Å²) < 4.78 is 5.59. The number of nitrogens with one attached hydrogen (secondary N) is 1. The number of benzene rings is 2. The van der Waals surface area contributed by atoms with Gasteiger partial charge < -0.3 is 15.2 Å². The van der Waals surface area contributed by atoms with Crippen LogP contribution in [0.1, 0.15) is 36.3 Å². The Morgan fingerprint density at radius 3 is 2.21 bits per heavy atom. The first-order valence-electron chi connectivity index (χ1n) is 9.98. The largest absolute Gasteiger partial charge is 0.481 e. The van der Waals surface area contributed by atoms with Crippen LogP contribution in [0.15, 0.2) is 48.5 Å². The number of ether oxygens (including phenoxy) is 1. The molecule has 5 heteroatoms. The minimum absolute atomic E-state index is 0.00782. The highest BCUT2D eigenvalue weighted by Crippen LogP contribution is 2.49. The predicted octanol–water partition coefficient (Wildman–Crippen LogP) is 4.02. The molecule has 0 aliphatic heterocycles. The number of hydrogen-bond acceptors (Lipinski definition) is 3. The number of alkyl carbamates (subject to hydrolysis) is 1. The number of carboxylic acid groups (broad SMARTS) is 1. The number of hydrogen-bond donors (Lipinski definition) is 2. The standard InChI is InChI=1S/C23H23NO4/c25-22(26)20-13-9-10-14(11-13)21(20)24-23(27)28-12-19-17-7-3-1-5-15(17)16-6-2-4-8-18(16)19/h1-8,13-14,19-21H,9-12H2,(H,24,27)(H,25,26)/t13-,14-,20-,21-/m0/s1. The van der Waals surface area contributed by atoms with Gasteiger partial charge in [0.05, 0.1) is 5.92 Å². The van der Waals surface area contributed by atoms with Crippen LogP contribution in [0.4, 0.5) is 4.79 Å². The smallest absolute Gasteiger partial charge is 0.407 e. The number of carbonyl (C=O) groups is 2. The fourth-order valence-electron chi connectivity index (χ4n) is 5.63. The lowest BCUT2D eigenvalue weighted by Gasteiger charge is -2.28. The van der Waals surface area contributed by atoms with E-state index in [-0.39, 0.29) is 30.4 Å². The molecular weight excluding hydrogens is 354 g/mol. The molecule has 0 radical (unpaired) electrons. The van der Waals surface area contributed by atoms with E-state index in [2.05, 4.69) is 29.6 Å². The maximum absolute atomic E-state index is 12.5. The molecule has 0 saturated heterocycles. The maximum Gasteiger partial charge on any atom is 0.407 e. The van der Waals surface area contributed by atoms with Crippen LogP contribution in [0.25, 0.3) is 11.1 Å². The number of amides is 1. The Hall–Kier alpha value is -2.82. The Balaban J connectivity index is 1.29. The molecule has 4 atom stereocenters. The third-order valence-corrected chi connectivity index (χ3v) is 6.83. The Labute approximate surface area is 163 Å². The molecule has 28 heavy (non-hydrogen) atoms. The van der Waals surface area contributed by atoms with Crippen molar-refractivity contribution in [2.75, 3.05) is 6.61 Å². The minimum atomic E-state index is -0.809. The molecule has 5 nitrogen and oxygen atoms in total. The highest BCUT2D eigenvalue weighted by molar-refractivity contribution is 5.79. The second kappa shape index (κ2) is 6.66. The van der Waals surface area contributed by atoms with Gasteiger partial charge in [-0.25, -0.2) is 4.79 Å². The van der Waals surface area contributed by atoms with E-state index in [4.69, 9.17) is 4.74 Å². The summed E-state index contributed by atoms with van der Waals surface area (Å²) in [4.78, 5) is 24.1. The van der Waals surface area contributed by atoms with Gasteiger partial charge in [-0.3, -0.25) is 4.79 Å². The zero-order valence-electron chi connectivity index (χ0n) is 15.5. The van der Waals surface area contributed by atoms with Crippen LogP contribution in [0.2, 0.25) is 0 Å². The van der Waals surface area contributed by atoms with Crippen molar-refractivity contribution in [3.8, 4) is 11.1 Å². The Morgan fingerprint density at radius 1 is 0.964 bits per heavy atom. The first kappa shape index (κ1) is 17.3. The van der Waals surface area contributed by atoms with Crippen molar-refractivity contribution in [3.63, 3.8) is 0 Å². The summed E-state index contributed by atoms with van der Waals surface area (Å²) in [6.45, 7) is 0.248. The van der Waals surface area contributed by atoms with Crippen LogP contribution < -0.4 is 5.32 Å². The van der Waals surface area contributed by atoms with Gasteiger partial charge in [0.1, 0.15) is 6.61 Å². The molecule has 2 aromatic carbocycles. The molecule has 2 N–H and O–H groups in total. The molecule has 0 unspecified atom stereocenters. The third kappa shape index (κ3) is 2.68. The van der Waals surface area contributed by atoms with Crippen molar-refractivity contribution >= 4 is 12.1 Å². The molecule has 144 valence electrons. The summed E-state index contributed by atoms with van der Waals surface area (Å²) in [6, 6.07) is 16.1. The van der Waals surface area contributed by atoms with E-state index in [0.29, 0.717) is 0 Å². The lowest BCUT2D eigenvalue weighted by molar-refractivity contribution is -0.144. The van der Waals surface area contributed by atoms with Crippen LogP contribution in [-0.4, -0.2) is 29.8 Å². The monoisotopic (exact) mass is 377 g/mol. The van der Waals surface area contributed by atoms with Gasteiger partial charge in [0, 0.05) is 12.0 Å². The fourth-order valence-corrected chi connectivity index (χ4v) is 5.63. The van der Waals surface area contributed by atoms with Crippen molar-refractivity contribution in [1.82, 2.24) is 5.32 Å². The van der Waals surface area contributed by atoms with Gasteiger partial charge in [0.2, 0.25) is 0 Å². The zero-order valence-corrected chi connectivity index (χ0v) is 15.5. The molecule has 3 aliphatic rings. The van der Waals surface area contributed by atoms with Gasteiger partial charge in [-0.15, -0.1) is 0 Å². The number of aliphatic carboxylic acids is 1. The van der Waals surface area contributed by atoms with Gasteiger partial charge in [0.15, 0.2) is 0 Å². The second-order valence-electron chi connectivity index (χ2n) is 8.19. The lowest BCUT2D eigenvalue weighted by Crippen LogP contribution is -2.47. The molecule has 0 heterocycles. The number of carbonyl (C=O) groups excluding carboxylic acids is 1. The van der Waals surface area contributed by atoms with Crippen LogP contribution in [0, 0.1) is 17.8 Å². The van der Waals surface area contributed by atoms with Crippen LogP contribution in [0.5, 0.6) is 0 Å². The first-order valence-corrected chi connectivity index (χ1v) is 9.98. The predicted molar refractivity (Wildman–Crippen MR) is 104 cm³/mol. The Bertz CT molecular complexity index is 894. The molecule has 0 aromatic heterocycles. The van der Waals surface area contributed by atoms with E-state index in [0.717, 1.165) is 19.3 Å². The number of rotatable bonds is 4. The Morgan fingerprint density at radius 2 is 1.57 bits per heavy atom. The van der Waals surface area contributed by atoms with Gasteiger partial charge in [-0.2, -0.15) is 0 Å². The zero-order chi connectivity index (χ0) is 19.3. The van der Waals surface area contributed by atoms with Gasteiger partial charge >= 0.3 is 12.1 Å². The van der Waals surface area contributed by atoms with E-state index in [9.17, 15) is 14.7 Å². The van der Waals surface area contributed by atoms with E-state index in [1.54, 1.807) is 0 Å². The topological polar surface area (TPSA) is 75.6 Å². The number of carboxylic acids is 1. The second-order valence-corrected chi connectivity index (χ2v) is 8.19. The fraction of sp³-hybridized carbons (Fsp3) is 0.391. The van der Waals surface area contributed by atoms with Crippen LogP contribution in [0.3, 0.4) is 0 Å². The molecule has 3 aliphatic carbocycles. The molecule has 2 saturated carbocycles. The normalized spacial score (nSPS) is 27.3. The van der Waals surface area contributed by atoms with Crippen molar-refractivity contribution in [1.29, 1.82) is 0 Å². The van der Waals surface area contributed by atoms with Gasteiger partial charge in [-0.1, -0.05) is 48.5 Å². The number of fused-ring (bicyclic) bond motifs is 5. The van der Waals surface area contributed by atoms with E-state index < -0.39 is 18.0 Å². The molecule has 2 bridgehead atoms. The van der Waals surface area contributed by atoms with Crippen LogP contribution in [-0.2, 0) is 9.53 Å². The van der Waals surface area contributed by atoms with E-state index in [1.165, 1.54) is 22.3 Å². The SMILES string of the molecule is O=C(N[C@H]1[C@H]2CC[C@@H](C2)[C@@H]1C(=O)O)OCC1c2ccccc2-c2ccccc21. The maximum atomic E-state index is 12.5. The van der Waals surface area contributed by atoms with E-state index in [1.807, 2.05) is 24.3 Å². The van der Waals surface area contributed by atoms with Crippen molar-refractivity contribution < 1.29 is 19.4 Å². The molecule has 2 aromatic rings. The molecule has 5 rings (SSSR count). The highest BCUT2D eigenvalue weighted by Gasteiger charge is 2.51. The molecule has 0 spiro atoms. The summed E-state index contributed by atoms with van der Waals surface area (Å²) in [7, 11) is 0. The van der Waals surface area contributed by atoms with Crippen molar-refractivity contribution in [3.05, 3.63) is 59.7 Å². The average molecular weight is 377 g/mol. The summed E-state index contributed by atoms with van der Waals surface area (Å²) in [5.74, 6) is -0.850. The van der Waals surface area contributed by atoms with Gasteiger partial charge in [-0.05, 0) is 53.4 Å². The third-order valence-electron chi connectivity index (χ3n) is 6.83. The quantitative estimate of drug-likeness (QED) is 0.844. The minimum Gasteiger partial charge on any atom is -0.481 e. The van der Waals surface area contributed by atoms with Crippen LogP contribution >= 0.6 is 0 Å². The Kier molecular flexibility index (Phi) is 4.11. The lowest BCUT2D eigenvalue weighted by atomic mass is 9.84. The highest BCUT2D eigenvalue weighted by atomic mass is 16.5. The summed E-state index contributed by atoms with van der Waals surface area (Å²) in [6.07, 6.45) is 2.32. The summed E-state index contributed by atoms with van der Waals surface area (Å²) in [5, 5.41) is 12.4. The van der Waals surface area contributed by atoms with Gasteiger partial charge in [0.25, 0.3) is 0 Å².